The van der Waals surface area contributed by atoms with Crippen LogP contribution < -0.4 is 0 Å². The predicted molar refractivity (Wildman–Crippen MR) is 106 cm³/mol. The number of hydrogen-bond acceptors (Lipinski definition) is 2. The van der Waals surface area contributed by atoms with Crippen molar-refractivity contribution in [2.75, 3.05) is 0 Å². The van der Waals surface area contributed by atoms with Crippen LogP contribution in [0.5, 0.6) is 0 Å². The molecular formula is C23H19N3. The van der Waals surface area contributed by atoms with Gasteiger partial charge in [0.2, 0.25) is 0 Å². The van der Waals surface area contributed by atoms with E-state index in [1.54, 1.807) is 10.9 Å². The molecule has 0 saturated carbocycles. The van der Waals surface area contributed by atoms with Crippen LogP contribution in [0.25, 0.3) is 22.2 Å². The van der Waals surface area contributed by atoms with E-state index in [2.05, 4.69) is 60.3 Å². The van der Waals surface area contributed by atoms with Crippen molar-refractivity contribution in [2.24, 2.45) is 7.05 Å². The summed E-state index contributed by atoms with van der Waals surface area (Å²) >= 11 is 0. The minimum absolute atomic E-state index is 0.901. The Morgan fingerprint density at radius 1 is 1.00 bits per heavy atom. The molecule has 2 heterocycles. The summed E-state index contributed by atoms with van der Waals surface area (Å²) in [5, 5.41) is 5.29. The molecule has 126 valence electrons. The van der Waals surface area contributed by atoms with E-state index in [-0.39, 0.29) is 0 Å². The Bertz CT molecular complexity index is 1130. The minimum Gasteiger partial charge on any atom is -0.275 e. The zero-order chi connectivity index (χ0) is 17.9. The monoisotopic (exact) mass is 337 g/mol. The van der Waals surface area contributed by atoms with Gasteiger partial charge in [0.1, 0.15) is 0 Å². The topological polar surface area (TPSA) is 30.7 Å². The lowest BCUT2D eigenvalue weighted by atomic mass is 10.00. The molecule has 0 atom stereocenters. The molecule has 0 aliphatic carbocycles. The molecule has 2 aromatic carbocycles. The smallest absolute Gasteiger partial charge is 0.0866 e. The van der Waals surface area contributed by atoms with E-state index in [1.807, 2.05) is 31.4 Å². The van der Waals surface area contributed by atoms with Gasteiger partial charge in [0, 0.05) is 24.2 Å². The maximum absolute atomic E-state index is 5.01. The van der Waals surface area contributed by atoms with Gasteiger partial charge in [-0.15, -0.1) is 0 Å². The summed E-state index contributed by atoms with van der Waals surface area (Å²) in [6, 6.07) is 18.8. The van der Waals surface area contributed by atoms with E-state index in [4.69, 9.17) is 4.98 Å². The fourth-order valence-electron chi connectivity index (χ4n) is 3.08. The van der Waals surface area contributed by atoms with Crippen LogP contribution in [0.4, 0.5) is 0 Å². The molecule has 0 fully saturated rings. The normalized spacial score (nSPS) is 10.5. The summed E-state index contributed by atoms with van der Waals surface area (Å²) in [4.78, 5) is 5.01. The van der Waals surface area contributed by atoms with E-state index in [9.17, 15) is 0 Å². The molecule has 3 nitrogen and oxygen atoms in total. The van der Waals surface area contributed by atoms with Crippen molar-refractivity contribution < 1.29 is 0 Å². The molecule has 0 unspecified atom stereocenters. The molecule has 0 bridgehead atoms. The number of fused-ring (bicyclic) bond motifs is 1. The second-order valence-electron chi connectivity index (χ2n) is 6.25. The van der Waals surface area contributed by atoms with E-state index >= 15 is 0 Å². The van der Waals surface area contributed by atoms with Crippen molar-refractivity contribution in [3.63, 3.8) is 0 Å². The second-order valence-corrected chi connectivity index (χ2v) is 6.25. The highest BCUT2D eigenvalue weighted by Crippen LogP contribution is 2.27. The maximum Gasteiger partial charge on any atom is 0.0866 e. The van der Waals surface area contributed by atoms with Crippen LogP contribution in [0.3, 0.4) is 0 Å². The standard InChI is InChI=1S/C23H19N3/c1-3-18-14-21-11-7-10-20(13-12-17-15-24-26(2)16-17)23(21)25-22(18)19-8-5-4-6-9-19/h4-11,14-16H,3H2,1-2H3. The first kappa shape index (κ1) is 16.1. The van der Waals surface area contributed by atoms with Crippen LogP contribution in [0, 0.1) is 11.8 Å². The van der Waals surface area contributed by atoms with Crippen molar-refractivity contribution in [3.05, 3.63) is 83.7 Å². The van der Waals surface area contributed by atoms with Crippen LogP contribution in [0.15, 0.2) is 67.0 Å². The molecule has 0 radical (unpaired) electrons. The Balaban J connectivity index is 1.89. The Kier molecular flexibility index (Phi) is 4.25. The summed E-state index contributed by atoms with van der Waals surface area (Å²) in [6.07, 6.45) is 4.63. The van der Waals surface area contributed by atoms with Crippen molar-refractivity contribution in [3.8, 4) is 23.1 Å². The quantitative estimate of drug-likeness (QED) is 0.501. The summed E-state index contributed by atoms with van der Waals surface area (Å²) in [5.41, 5.74) is 6.21. The fourth-order valence-corrected chi connectivity index (χ4v) is 3.08. The summed E-state index contributed by atoms with van der Waals surface area (Å²) < 4.78 is 1.76. The molecule has 0 aliphatic heterocycles. The summed E-state index contributed by atoms with van der Waals surface area (Å²) in [7, 11) is 1.89. The van der Waals surface area contributed by atoms with Crippen LogP contribution in [-0.4, -0.2) is 14.8 Å². The number of pyridine rings is 1. The number of aryl methyl sites for hydroxylation is 2. The highest BCUT2D eigenvalue weighted by molar-refractivity contribution is 5.88. The van der Waals surface area contributed by atoms with Gasteiger partial charge < -0.3 is 0 Å². The molecule has 26 heavy (non-hydrogen) atoms. The number of benzene rings is 2. The maximum atomic E-state index is 5.01. The first-order valence-electron chi connectivity index (χ1n) is 8.73. The Morgan fingerprint density at radius 2 is 1.85 bits per heavy atom. The molecule has 0 saturated heterocycles. The molecule has 4 rings (SSSR count). The molecule has 0 N–H and O–H groups in total. The largest absolute Gasteiger partial charge is 0.275 e. The highest BCUT2D eigenvalue weighted by Gasteiger charge is 2.09. The van der Waals surface area contributed by atoms with Gasteiger partial charge in [0.25, 0.3) is 0 Å². The van der Waals surface area contributed by atoms with Gasteiger partial charge in [-0.2, -0.15) is 5.10 Å². The first-order valence-corrected chi connectivity index (χ1v) is 8.73. The zero-order valence-corrected chi connectivity index (χ0v) is 14.9. The van der Waals surface area contributed by atoms with Gasteiger partial charge in [-0.25, -0.2) is 4.98 Å². The van der Waals surface area contributed by atoms with Crippen molar-refractivity contribution in [2.45, 2.75) is 13.3 Å². The van der Waals surface area contributed by atoms with E-state index < -0.39 is 0 Å². The number of rotatable bonds is 2. The van der Waals surface area contributed by atoms with Crippen molar-refractivity contribution in [1.29, 1.82) is 0 Å². The third kappa shape index (κ3) is 3.10. The van der Waals surface area contributed by atoms with Gasteiger partial charge in [-0.05, 0) is 24.1 Å². The van der Waals surface area contributed by atoms with Crippen LogP contribution in [-0.2, 0) is 13.5 Å². The molecular weight excluding hydrogens is 318 g/mol. The van der Waals surface area contributed by atoms with Crippen LogP contribution >= 0.6 is 0 Å². The highest BCUT2D eigenvalue weighted by atomic mass is 15.2. The number of para-hydroxylation sites is 1. The minimum atomic E-state index is 0.901. The Hall–Kier alpha value is -3.38. The van der Waals surface area contributed by atoms with Crippen molar-refractivity contribution >= 4 is 10.9 Å². The van der Waals surface area contributed by atoms with E-state index in [0.717, 1.165) is 39.7 Å². The SMILES string of the molecule is CCc1cc2cccc(C#Cc3cnn(C)c3)c2nc1-c1ccccc1. The third-order valence-electron chi connectivity index (χ3n) is 4.40. The lowest BCUT2D eigenvalue weighted by Gasteiger charge is -2.10. The Labute approximate surface area is 153 Å². The lowest BCUT2D eigenvalue weighted by molar-refractivity contribution is 0.767. The zero-order valence-electron chi connectivity index (χ0n) is 14.9. The molecule has 3 heteroatoms. The fraction of sp³-hybridized carbons (Fsp3) is 0.130. The first-order chi connectivity index (χ1) is 12.7. The average Bonchev–Trinajstić information content (AvgIpc) is 3.11. The van der Waals surface area contributed by atoms with E-state index in [1.165, 1.54) is 5.56 Å². The summed E-state index contributed by atoms with van der Waals surface area (Å²) in [6.45, 7) is 2.17. The van der Waals surface area contributed by atoms with Gasteiger partial charge >= 0.3 is 0 Å². The van der Waals surface area contributed by atoms with Gasteiger partial charge in [-0.3, -0.25) is 4.68 Å². The summed E-state index contributed by atoms with van der Waals surface area (Å²) in [5.74, 6) is 6.46. The van der Waals surface area contributed by atoms with Crippen molar-refractivity contribution in [1.82, 2.24) is 14.8 Å². The van der Waals surface area contributed by atoms with Crippen LogP contribution in [0.2, 0.25) is 0 Å². The van der Waals surface area contributed by atoms with Gasteiger partial charge in [-0.1, -0.05) is 61.2 Å². The number of hydrogen-bond donors (Lipinski definition) is 0. The molecule has 0 spiro atoms. The van der Waals surface area contributed by atoms with Crippen LogP contribution in [0.1, 0.15) is 23.6 Å². The number of nitrogens with zero attached hydrogens (tertiary/aromatic N) is 3. The molecule has 0 amide bonds. The molecule has 2 aromatic heterocycles. The van der Waals surface area contributed by atoms with Gasteiger partial charge in [0.05, 0.1) is 28.5 Å². The third-order valence-corrected chi connectivity index (χ3v) is 4.40. The predicted octanol–water partition coefficient (Wildman–Crippen LogP) is 4.60. The molecule has 4 aromatic rings. The average molecular weight is 337 g/mol. The van der Waals surface area contributed by atoms with Gasteiger partial charge in [0.15, 0.2) is 0 Å². The Morgan fingerprint density at radius 3 is 2.58 bits per heavy atom. The number of aromatic nitrogens is 3. The second kappa shape index (κ2) is 6.85. The van der Waals surface area contributed by atoms with E-state index in [0.29, 0.717) is 0 Å². The molecule has 0 aliphatic rings. The lowest BCUT2D eigenvalue weighted by Crippen LogP contribution is -1.95.